The van der Waals surface area contributed by atoms with Gasteiger partial charge in [0.15, 0.2) is 3.77 Å². The van der Waals surface area contributed by atoms with E-state index in [-0.39, 0.29) is 0 Å². The summed E-state index contributed by atoms with van der Waals surface area (Å²) in [6.07, 6.45) is 5.41. The first-order valence-corrected chi connectivity index (χ1v) is 6.79. The normalized spacial score (nSPS) is 26.8. The molecule has 1 N–H and O–H groups in total. The minimum Gasteiger partial charge on any atom is -0.454 e. The summed E-state index contributed by atoms with van der Waals surface area (Å²) in [5.41, 5.74) is 0. The Bertz CT molecular complexity index is 310. The predicted octanol–water partition coefficient (Wildman–Crippen LogP) is 3.55. The minimum atomic E-state index is 0.691. The third kappa shape index (κ3) is 3.48. The van der Waals surface area contributed by atoms with Crippen molar-refractivity contribution >= 4 is 22.6 Å². The van der Waals surface area contributed by atoms with Gasteiger partial charge in [-0.1, -0.05) is 19.8 Å². The molecule has 2 rings (SSSR count). The van der Waals surface area contributed by atoms with Gasteiger partial charge < -0.3 is 9.73 Å². The molecule has 15 heavy (non-hydrogen) atoms. The maximum atomic E-state index is 5.53. The molecule has 1 fully saturated rings. The zero-order valence-corrected chi connectivity index (χ0v) is 11.3. The SMILES string of the molecule is CC1CCCC(NCc2ccc(I)o2)C1. The summed E-state index contributed by atoms with van der Waals surface area (Å²) in [5.74, 6) is 1.94. The third-order valence-corrected chi connectivity index (χ3v) is 3.71. The fourth-order valence-corrected chi connectivity index (χ4v) is 2.77. The van der Waals surface area contributed by atoms with E-state index < -0.39 is 0 Å². The zero-order valence-electron chi connectivity index (χ0n) is 9.13. The Morgan fingerprint density at radius 3 is 3.00 bits per heavy atom. The third-order valence-electron chi connectivity index (χ3n) is 3.13. The lowest BCUT2D eigenvalue weighted by atomic mass is 9.87. The van der Waals surface area contributed by atoms with Gasteiger partial charge in [0.2, 0.25) is 0 Å². The van der Waals surface area contributed by atoms with Crippen molar-refractivity contribution in [2.24, 2.45) is 5.92 Å². The van der Waals surface area contributed by atoms with Gasteiger partial charge in [0.1, 0.15) is 5.76 Å². The lowest BCUT2D eigenvalue weighted by Gasteiger charge is -2.27. The summed E-state index contributed by atoms with van der Waals surface area (Å²) >= 11 is 2.20. The standard InChI is InChI=1S/C12H18INO/c1-9-3-2-4-10(7-9)14-8-11-5-6-12(13)15-11/h5-6,9-10,14H,2-4,7-8H2,1H3. The average Bonchev–Trinajstić information content (AvgIpc) is 2.62. The molecule has 1 aliphatic carbocycles. The van der Waals surface area contributed by atoms with Crippen molar-refractivity contribution in [1.82, 2.24) is 5.32 Å². The van der Waals surface area contributed by atoms with Crippen molar-refractivity contribution in [3.05, 3.63) is 21.7 Å². The molecule has 1 saturated carbocycles. The van der Waals surface area contributed by atoms with E-state index >= 15 is 0 Å². The molecule has 1 aromatic heterocycles. The van der Waals surface area contributed by atoms with E-state index in [1.807, 2.05) is 6.07 Å². The van der Waals surface area contributed by atoms with Crippen LogP contribution in [0.5, 0.6) is 0 Å². The summed E-state index contributed by atoms with van der Waals surface area (Å²) in [4.78, 5) is 0. The molecule has 0 aromatic carbocycles. The Balaban J connectivity index is 1.77. The Morgan fingerprint density at radius 1 is 1.47 bits per heavy atom. The van der Waals surface area contributed by atoms with Crippen LogP contribution in [0.2, 0.25) is 0 Å². The van der Waals surface area contributed by atoms with Crippen LogP contribution in [0.25, 0.3) is 0 Å². The Morgan fingerprint density at radius 2 is 2.33 bits per heavy atom. The van der Waals surface area contributed by atoms with E-state index in [0.717, 1.165) is 22.0 Å². The van der Waals surface area contributed by atoms with E-state index in [4.69, 9.17) is 4.42 Å². The molecule has 1 heterocycles. The van der Waals surface area contributed by atoms with Crippen molar-refractivity contribution in [2.75, 3.05) is 0 Å². The van der Waals surface area contributed by atoms with Crippen molar-refractivity contribution in [3.8, 4) is 0 Å². The van der Waals surface area contributed by atoms with E-state index in [1.165, 1.54) is 25.7 Å². The van der Waals surface area contributed by atoms with E-state index in [1.54, 1.807) is 0 Å². The monoisotopic (exact) mass is 319 g/mol. The number of furan rings is 1. The Hall–Kier alpha value is -0.0300. The van der Waals surface area contributed by atoms with Crippen LogP contribution in [0.4, 0.5) is 0 Å². The van der Waals surface area contributed by atoms with Gasteiger partial charge in [-0.15, -0.1) is 0 Å². The molecule has 2 nitrogen and oxygen atoms in total. The van der Waals surface area contributed by atoms with E-state index in [9.17, 15) is 0 Å². The molecule has 0 bridgehead atoms. The molecule has 0 amide bonds. The topological polar surface area (TPSA) is 25.2 Å². The molecule has 1 aliphatic rings. The highest BCUT2D eigenvalue weighted by Gasteiger charge is 2.18. The number of halogens is 1. The fraction of sp³-hybridized carbons (Fsp3) is 0.667. The molecule has 3 heteroatoms. The van der Waals surface area contributed by atoms with Crippen molar-refractivity contribution < 1.29 is 4.42 Å². The number of hydrogen-bond donors (Lipinski definition) is 1. The highest BCUT2D eigenvalue weighted by Crippen LogP contribution is 2.23. The van der Waals surface area contributed by atoms with Gasteiger partial charge in [-0.2, -0.15) is 0 Å². The maximum Gasteiger partial charge on any atom is 0.164 e. The van der Waals surface area contributed by atoms with Crippen LogP contribution in [0.15, 0.2) is 16.5 Å². The van der Waals surface area contributed by atoms with E-state index in [2.05, 4.69) is 40.9 Å². The van der Waals surface area contributed by atoms with Gasteiger partial charge >= 0.3 is 0 Å². The van der Waals surface area contributed by atoms with Gasteiger partial charge in [0.05, 0.1) is 6.54 Å². The Kier molecular flexibility index (Phi) is 4.08. The van der Waals surface area contributed by atoms with Gasteiger partial charge in [-0.05, 0) is 53.5 Å². The predicted molar refractivity (Wildman–Crippen MR) is 69.7 cm³/mol. The largest absolute Gasteiger partial charge is 0.454 e. The van der Waals surface area contributed by atoms with Crippen LogP contribution in [-0.2, 0) is 6.54 Å². The van der Waals surface area contributed by atoms with Crippen molar-refractivity contribution in [3.63, 3.8) is 0 Å². The lowest BCUT2D eigenvalue weighted by molar-refractivity contribution is 0.293. The first-order chi connectivity index (χ1) is 7.24. The summed E-state index contributed by atoms with van der Waals surface area (Å²) in [6.45, 7) is 3.23. The van der Waals surface area contributed by atoms with Crippen LogP contribution < -0.4 is 5.32 Å². The molecule has 84 valence electrons. The second-order valence-corrected chi connectivity index (χ2v) is 5.62. The lowest BCUT2D eigenvalue weighted by Crippen LogP contribution is -2.32. The van der Waals surface area contributed by atoms with Crippen LogP contribution in [0.1, 0.15) is 38.4 Å². The molecule has 0 aliphatic heterocycles. The van der Waals surface area contributed by atoms with Crippen LogP contribution in [-0.4, -0.2) is 6.04 Å². The fourth-order valence-electron chi connectivity index (χ4n) is 2.31. The molecular formula is C12H18INO. The van der Waals surface area contributed by atoms with E-state index in [0.29, 0.717) is 6.04 Å². The summed E-state index contributed by atoms with van der Waals surface area (Å²) in [7, 11) is 0. The first-order valence-electron chi connectivity index (χ1n) is 5.71. The molecule has 2 atom stereocenters. The molecule has 1 aromatic rings. The average molecular weight is 319 g/mol. The number of rotatable bonds is 3. The molecule has 0 saturated heterocycles. The van der Waals surface area contributed by atoms with Crippen molar-refractivity contribution in [2.45, 2.75) is 45.2 Å². The summed E-state index contributed by atoms with van der Waals surface area (Å²) in [6, 6.07) is 4.76. The van der Waals surface area contributed by atoms with Crippen LogP contribution in [0.3, 0.4) is 0 Å². The van der Waals surface area contributed by atoms with Gasteiger partial charge in [0.25, 0.3) is 0 Å². The van der Waals surface area contributed by atoms with Crippen LogP contribution >= 0.6 is 22.6 Å². The summed E-state index contributed by atoms with van der Waals surface area (Å²) in [5, 5.41) is 3.58. The first kappa shape index (κ1) is 11.5. The maximum absolute atomic E-state index is 5.53. The Labute approximate surface area is 105 Å². The second kappa shape index (κ2) is 5.34. The highest BCUT2D eigenvalue weighted by molar-refractivity contribution is 14.1. The summed E-state index contributed by atoms with van der Waals surface area (Å²) < 4.78 is 6.50. The zero-order chi connectivity index (χ0) is 10.7. The highest BCUT2D eigenvalue weighted by atomic mass is 127. The smallest absolute Gasteiger partial charge is 0.164 e. The van der Waals surface area contributed by atoms with Crippen LogP contribution in [0, 0.1) is 9.68 Å². The quantitative estimate of drug-likeness (QED) is 0.862. The van der Waals surface area contributed by atoms with Gasteiger partial charge in [0, 0.05) is 6.04 Å². The van der Waals surface area contributed by atoms with Gasteiger partial charge in [-0.25, -0.2) is 0 Å². The van der Waals surface area contributed by atoms with Crippen molar-refractivity contribution in [1.29, 1.82) is 0 Å². The molecule has 2 unspecified atom stereocenters. The molecule has 0 radical (unpaired) electrons. The molecule has 0 spiro atoms. The number of hydrogen-bond acceptors (Lipinski definition) is 2. The minimum absolute atomic E-state index is 0.691. The second-order valence-electron chi connectivity index (χ2n) is 4.56. The van der Waals surface area contributed by atoms with Gasteiger partial charge in [-0.3, -0.25) is 0 Å². The number of nitrogens with one attached hydrogen (secondary N) is 1. The molecular weight excluding hydrogens is 301 g/mol.